The van der Waals surface area contributed by atoms with Crippen molar-refractivity contribution in [1.29, 1.82) is 0 Å². The van der Waals surface area contributed by atoms with Crippen molar-refractivity contribution in [3.63, 3.8) is 0 Å². The van der Waals surface area contributed by atoms with Gasteiger partial charge in [0.25, 0.3) is 11.7 Å². The van der Waals surface area contributed by atoms with Crippen molar-refractivity contribution >= 4 is 40.7 Å². The van der Waals surface area contributed by atoms with Gasteiger partial charge in [0.15, 0.2) is 11.5 Å². The monoisotopic (exact) mass is 571 g/mol. The molecule has 10 heteroatoms. The Hall–Kier alpha value is -3.88. The minimum Gasteiger partial charge on any atom is -0.507 e. The number of hydrogen-bond acceptors (Lipinski definition) is 7. The van der Waals surface area contributed by atoms with Gasteiger partial charge >= 0.3 is 0 Å². The first kappa shape index (κ1) is 28.1. The fraction of sp³-hybridized carbons (Fsp3) is 0.241. The van der Waals surface area contributed by atoms with Crippen molar-refractivity contribution in [2.45, 2.75) is 19.5 Å². The van der Waals surface area contributed by atoms with Gasteiger partial charge in [-0.3, -0.25) is 9.59 Å². The highest BCUT2D eigenvalue weighted by Crippen LogP contribution is 2.47. The summed E-state index contributed by atoms with van der Waals surface area (Å²) in [7, 11) is 4.28. The minimum atomic E-state index is -0.949. The predicted octanol–water partition coefficient (Wildman–Crippen LogP) is 6.04. The van der Waals surface area contributed by atoms with E-state index in [1.165, 1.54) is 32.3 Å². The molecule has 3 aromatic carbocycles. The zero-order valence-electron chi connectivity index (χ0n) is 21.8. The van der Waals surface area contributed by atoms with Crippen LogP contribution in [0.4, 0.5) is 0 Å². The van der Waals surface area contributed by atoms with Crippen molar-refractivity contribution in [1.82, 2.24) is 4.90 Å². The van der Waals surface area contributed by atoms with Gasteiger partial charge in [0.05, 0.1) is 56.7 Å². The lowest BCUT2D eigenvalue weighted by molar-refractivity contribution is -0.140. The molecule has 0 radical (unpaired) electrons. The molecule has 0 aromatic heterocycles. The van der Waals surface area contributed by atoms with Crippen molar-refractivity contribution in [2.75, 3.05) is 27.9 Å². The maximum absolute atomic E-state index is 13.5. The zero-order chi connectivity index (χ0) is 28.3. The van der Waals surface area contributed by atoms with Crippen LogP contribution in [-0.2, 0) is 16.1 Å². The molecule has 39 heavy (non-hydrogen) atoms. The SMILES string of the molecule is CCOc1ccc(C2/C(=C(\O)c3cc(Cl)c(OC)c(Cl)c3OC)C(=O)C(=O)N2Cc2ccccc2OC)cc1. The highest BCUT2D eigenvalue weighted by atomic mass is 35.5. The number of halogens is 2. The van der Waals surface area contributed by atoms with Gasteiger partial charge in [-0.15, -0.1) is 0 Å². The molecular formula is C29H27Cl2NO7. The zero-order valence-corrected chi connectivity index (χ0v) is 23.3. The molecule has 0 bridgehead atoms. The Kier molecular flexibility index (Phi) is 8.57. The number of carbonyl (C=O) groups is 2. The third kappa shape index (κ3) is 5.22. The van der Waals surface area contributed by atoms with Gasteiger partial charge in [0.1, 0.15) is 22.3 Å². The lowest BCUT2D eigenvalue weighted by Gasteiger charge is -2.26. The summed E-state index contributed by atoms with van der Waals surface area (Å²) >= 11 is 12.8. The molecule has 0 saturated carbocycles. The summed E-state index contributed by atoms with van der Waals surface area (Å²) < 4.78 is 21.7. The molecule has 0 aliphatic carbocycles. The predicted molar refractivity (Wildman–Crippen MR) is 148 cm³/mol. The van der Waals surface area contributed by atoms with Crippen LogP contribution in [0.5, 0.6) is 23.0 Å². The van der Waals surface area contributed by atoms with Gasteiger partial charge in [0, 0.05) is 5.56 Å². The molecule has 1 N–H and O–H groups in total. The number of ether oxygens (including phenoxy) is 4. The van der Waals surface area contributed by atoms with Crippen LogP contribution < -0.4 is 18.9 Å². The fourth-order valence-corrected chi connectivity index (χ4v) is 5.30. The first-order valence-electron chi connectivity index (χ1n) is 12.0. The Morgan fingerprint density at radius 1 is 0.949 bits per heavy atom. The maximum Gasteiger partial charge on any atom is 0.295 e. The van der Waals surface area contributed by atoms with Crippen LogP contribution in [0.3, 0.4) is 0 Å². The number of nitrogens with zero attached hydrogens (tertiary/aromatic N) is 1. The molecule has 1 heterocycles. The Morgan fingerprint density at radius 3 is 2.23 bits per heavy atom. The van der Waals surface area contributed by atoms with E-state index in [2.05, 4.69) is 0 Å². The lowest BCUT2D eigenvalue weighted by atomic mass is 9.94. The summed E-state index contributed by atoms with van der Waals surface area (Å²) in [5, 5.41) is 11.7. The number of amides is 1. The van der Waals surface area contributed by atoms with E-state index < -0.39 is 23.5 Å². The minimum absolute atomic E-state index is 0.00918. The maximum atomic E-state index is 13.5. The number of hydrogen-bond donors (Lipinski definition) is 1. The summed E-state index contributed by atoms with van der Waals surface area (Å²) in [4.78, 5) is 28.4. The fourth-order valence-electron chi connectivity index (χ4n) is 4.61. The number of aliphatic hydroxyl groups excluding tert-OH is 1. The summed E-state index contributed by atoms with van der Waals surface area (Å²) in [5.41, 5.74) is 1.17. The first-order chi connectivity index (χ1) is 18.8. The van der Waals surface area contributed by atoms with Gasteiger partial charge < -0.3 is 29.0 Å². The molecule has 1 aliphatic rings. The molecular weight excluding hydrogens is 545 g/mol. The Morgan fingerprint density at radius 2 is 1.62 bits per heavy atom. The Labute approximate surface area is 236 Å². The van der Waals surface area contributed by atoms with Gasteiger partial charge in [-0.1, -0.05) is 53.5 Å². The van der Waals surface area contributed by atoms with Crippen LogP contribution in [0.1, 0.15) is 29.7 Å². The number of benzene rings is 3. The smallest absolute Gasteiger partial charge is 0.295 e. The molecule has 1 atom stereocenters. The number of aliphatic hydroxyl groups is 1. The molecule has 3 aromatic rings. The van der Waals surface area contributed by atoms with Gasteiger partial charge in [-0.2, -0.15) is 0 Å². The molecule has 1 unspecified atom stereocenters. The number of Topliss-reactive ketones (excluding diaryl/α,β-unsaturated/α-hetero) is 1. The van der Waals surface area contributed by atoms with E-state index in [0.717, 1.165) is 0 Å². The number of para-hydroxylation sites is 1. The van der Waals surface area contributed by atoms with E-state index in [4.69, 9.17) is 42.1 Å². The number of carbonyl (C=O) groups excluding carboxylic acids is 2. The van der Waals surface area contributed by atoms with Crippen molar-refractivity contribution in [2.24, 2.45) is 0 Å². The summed E-state index contributed by atoms with van der Waals surface area (Å²) in [5.74, 6) is -0.780. The standard InChI is InChI=1S/C29H27Cl2NO7/c1-5-39-18-12-10-16(11-13-18)24-22(25(33)19-14-20(30)28(38-4)23(31)27(19)37-3)26(34)29(35)32(24)15-17-8-6-7-9-21(17)36-2/h6-14,24,33H,5,15H2,1-4H3/b25-22+. The third-order valence-electron chi connectivity index (χ3n) is 6.37. The van der Waals surface area contributed by atoms with Crippen LogP contribution in [0.2, 0.25) is 10.0 Å². The highest BCUT2D eigenvalue weighted by Gasteiger charge is 2.46. The largest absolute Gasteiger partial charge is 0.507 e. The molecule has 1 saturated heterocycles. The number of ketones is 1. The van der Waals surface area contributed by atoms with Crippen LogP contribution in [-0.4, -0.2) is 49.6 Å². The molecule has 8 nitrogen and oxygen atoms in total. The van der Waals surface area contributed by atoms with Gasteiger partial charge in [0.2, 0.25) is 0 Å². The van der Waals surface area contributed by atoms with Crippen LogP contribution in [0, 0.1) is 0 Å². The summed E-state index contributed by atoms with van der Waals surface area (Å²) in [6, 6.07) is 14.6. The van der Waals surface area contributed by atoms with Gasteiger partial charge in [-0.25, -0.2) is 0 Å². The normalized spacial score (nSPS) is 16.4. The molecule has 204 valence electrons. The number of likely N-dealkylation sites (tertiary alicyclic amines) is 1. The lowest BCUT2D eigenvalue weighted by Crippen LogP contribution is -2.29. The third-order valence-corrected chi connectivity index (χ3v) is 7.00. The van der Waals surface area contributed by atoms with Gasteiger partial charge in [-0.05, 0) is 36.8 Å². The van der Waals surface area contributed by atoms with Crippen molar-refractivity contribution in [3.8, 4) is 23.0 Å². The second-order valence-electron chi connectivity index (χ2n) is 8.53. The van der Waals surface area contributed by atoms with Crippen molar-refractivity contribution in [3.05, 3.63) is 86.9 Å². The summed E-state index contributed by atoms with van der Waals surface area (Å²) in [6.45, 7) is 2.39. The van der Waals surface area contributed by atoms with Crippen LogP contribution >= 0.6 is 23.2 Å². The second kappa shape index (κ2) is 11.9. The summed E-state index contributed by atoms with van der Waals surface area (Å²) in [6.07, 6.45) is 0. The number of methoxy groups -OCH3 is 3. The molecule has 0 spiro atoms. The Balaban J connectivity index is 1.94. The molecule has 1 fully saturated rings. The van der Waals surface area contributed by atoms with E-state index >= 15 is 0 Å². The average Bonchev–Trinajstić information content (AvgIpc) is 3.18. The van der Waals surface area contributed by atoms with Crippen LogP contribution in [0.25, 0.3) is 5.76 Å². The van der Waals surface area contributed by atoms with E-state index in [0.29, 0.717) is 29.2 Å². The molecule has 4 rings (SSSR count). The number of rotatable bonds is 9. The van der Waals surface area contributed by atoms with E-state index in [9.17, 15) is 14.7 Å². The average molecular weight is 572 g/mol. The highest BCUT2D eigenvalue weighted by molar-refractivity contribution is 6.47. The van der Waals surface area contributed by atoms with Crippen LogP contribution in [0.15, 0.2) is 60.2 Å². The van der Waals surface area contributed by atoms with E-state index in [1.54, 1.807) is 36.4 Å². The van der Waals surface area contributed by atoms with E-state index in [-0.39, 0.29) is 39.2 Å². The van der Waals surface area contributed by atoms with E-state index in [1.807, 2.05) is 19.1 Å². The second-order valence-corrected chi connectivity index (χ2v) is 9.31. The molecule has 1 aliphatic heterocycles. The van der Waals surface area contributed by atoms with Crippen molar-refractivity contribution < 1.29 is 33.6 Å². The Bertz CT molecular complexity index is 1440. The first-order valence-corrected chi connectivity index (χ1v) is 12.8. The quantitative estimate of drug-likeness (QED) is 0.190. The molecule has 1 amide bonds. The topological polar surface area (TPSA) is 94.5 Å².